The summed E-state index contributed by atoms with van der Waals surface area (Å²) in [6.07, 6.45) is 29.4. The van der Waals surface area contributed by atoms with Gasteiger partial charge in [-0.2, -0.15) is 0 Å². The molecule has 0 saturated carbocycles. The Morgan fingerprint density at radius 1 is 0.630 bits per heavy atom. The van der Waals surface area contributed by atoms with Crippen molar-refractivity contribution in [1.29, 1.82) is 0 Å². The predicted octanol–water partition coefficient (Wildman–Crippen LogP) is 7.69. The first-order valence-corrected chi connectivity index (χ1v) is 22.2. The van der Waals surface area contributed by atoms with Crippen molar-refractivity contribution in [1.82, 2.24) is 5.32 Å². The molecule has 0 aliphatic carbocycles. The van der Waals surface area contributed by atoms with E-state index in [9.17, 15) is 35.4 Å². The Morgan fingerprint density at radius 2 is 1.07 bits per heavy atom. The van der Waals surface area contributed by atoms with Crippen LogP contribution in [0.25, 0.3) is 0 Å². The molecule has 1 aliphatic rings. The second-order valence-electron chi connectivity index (χ2n) is 15.7. The van der Waals surface area contributed by atoms with Crippen molar-refractivity contribution in [2.75, 3.05) is 13.2 Å². The number of carbonyl (C=O) groups is 1. The molecule has 1 aliphatic heterocycles. The summed E-state index contributed by atoms with van der Waals surface area (Å²) < 4.78 is 11.2. The van der Waals surface area contributed by atoms with Gasteiger partial charge in [0.2, 0.25) is 5.91 Å². The Hall–Kier alpha value is -1.37. The van der Waals surface area contributed by atoms with Gasteiger partial charge < -0.3 is 45.4 Å². The Balaban J connectivity index is 2.38. The number of amides is 1. The Morgan fingerprint density at radius 3 is 1.59 bits per heavy atom. The van der Waals surface area contributed by atoms with Gasteiger partial charge in [-0.3, -0.25) is 4.79 Å². The molecule has 54 heavy (non-hydrogen) atoms. The van der Waals surface area contributed by atoms with Gasteiger partial charge in [0.25, 0.3) is 0 Å². The lowest BCUT2D eigenvalue weighted by molar-refractivity contribution is -0.302. The van der Waals surface area contributed by atoms with Crippen molar-refractivity contribution in [2.24, 2.45) is 0 Å². The van der Waals surface area contributed by atoms with Crippen molar-refractivity contribution in [3.8, 4) is 0 Å². The van der Waals surface area contributed by atoms with Gasteiger partial charge in [0.15, 0.2) is 6.29 Å². The highest BCUT2D eigenvalue weighted by molar-refractivity contribution is 5.80. The lowest BCUT2D eigenvalue weighted by atomic mass is 9.99. The lowest BCUT2D eigenvalue weighted by Gasteiger charge is -2.40. The van der Waals surface area contributed by atoms with E-state index < -0.39 is 61.5 Å². The molecule has 0 aromatic rings. The van der Waals surface area contributed by atoms with Gasteiger partial charge in [-0.15, -0.1) is 0 Å². The van der Waals surface area contributed by atoms with Crippen LogP contribution in [0.4, 0.5) is 0 Å². The fraction of sp³-hybridized carbons (Fsp3) is 0.886. The molecular formula is C44H83NO9. The zero-order valence-corrected chi connectivity index (χ0v) is 34.3. The molecule has 8 atom stereocenters. The molecule has 1 saturated heterocycles. The molecular weight excluding hydrogens is 686 g/mol. The van der Waals surface area contributed by atoms with Crippen LogP contribution in [0.3, 0.4) is 0 Å². The zero-order chi connectivity index (χ0) is 39.7. The van der Waals surface area contributed by atoms with Gasteiger partial charge in [-0.1, -0.05) is 173 Å². The highest BCUT2D eigenvalue weighted by Crippen LogP contribution is 2.23. The average molecular weight is 770 g/mol. The average Bonchev–Trinajstić information content (AvgIpc) is 3.17. The van der Waals surface area contributed by atoms with Gasteiger partial charge in [0.1, 0.15) is 30.5 Å². The SMILES string of the molecule is CCCCC/C=C\C=C/CCCCCCCCCCCC(O)C(=O)NC(COC1OC(CO)C(O)C(O)C1O)C(O)CCCCCCCCCCCCC. The fourth-order valence-corrected chi connectivity index (χ4v) is 6.98. The van der Waals surface area contributed by atoms with E-state index in [-0.39, 0.29) is 6.61 Å². The molecule has 0 aromatic heterocycles. The molecule has 0 radical (unpaired) electrons. The van der Waals surface area contributed by atoms with Crippen LogP contribution in [0.5, 0.6) is 0 Å². The largest absolute Gasteiger partial charge is 0.394 e. The van der Waals surface area contributed by atoms with Crippen molar-refractivity contribution in [2.45, 2.75) is 236 Å². The Labute approximate surface area is 329 Å². The highest BCUT2D eigenvalue weighted by atomic mass is 16.7. The number of carbonyl (C=O) groups excluding carboxylic acids is 1. The van der Waals surface area contributed by atoms with E-state index in [0.29, 0.717) is 12.8 Å². The number of rotatable bonds is 36. The molecule has 0 bridgehead atoms. The van der Waals surface area contributed by atoms with Crippen LogP contribution in [0.1, 0.15) is 187 Å². The second-order valence-corrected chi connectivity index (χ2v) is 15.7. The molecule has 1 rings (SSSR count). The molecule has 1 heterocycles. The van der Waals surface area contributed by atoms with E-state index in [1.54, 1.807) is 0 Å². The van der Waals surface area contributed by atoms with Crippen molar-refractivity contribution in [3.63, 3.8) is 0 Å². The van der Waals surface area contributed by atoms with Crippen molar-refractivity contribution < 1.29 is 44.9 Å². The number of aliphatic hydroxyl groups excluding tert-OH is 6. The third-order valence-electron chi connectivity index (χ3n) is 10.7. The van der Waals surface area contributed by atoms with Gasteiger partial charge in [0, 0.05) is 0 Å². The topological polar surface area (TPSA) is 169 Å². The molecule has 10 heteroatoms. The first-order chi connectivity index (χ1) is 26.3. The van der Waals surface area contributed by atoms with Crippen LogP contribution in [-0.2, 0) is 14.3 Å². The van der Waals surface area contributed by atoms with E-state index in [0.717, 1.165) is 57.8 Å². The van der Waals surface area contributed by atoms with Gasteiger partial charge in [-0.25, -0.2) is 0 Å². The molecule has 1 amide bonds. The monoisotopic (exact) mass is 770 g/mol. The van der Waals surface area contributed by atoms with Gasteiger partial charge in [-0.05, 0) is 38.5 Å². The van der Waals surface area contributed by atoms with Crippen molar-refractivity contribution in [3.05, 3.63) is 24.3 Å². The lowest BCUT2D eigenvalue weighted by Crippen LogP contribution is -2.60. The summed E-state index contributed by atoms with van der Waals surface area (Å²) in [4.78, 5) is 13.0. The smallest absolute Gasteiger partial charge is 0.249 e. The maximum absolute atomic E-state index is 13.0. The molecule has 0 aromatic carbocycles. The predicted molar refractivity (Wildman–Crippen MR) is 218 cm³/mol. The van der Waals surface area contributed by atoms with Crippen LogP contribution in [-0.4, -0.2) is 98.7 Å². The van der Waals surface area contributed by atoms with E-state index >= 15 is 0 Å². The summed E-state index contributed by atoms with van der Waals surface area (Å²) in [6.45, 7) is 3.61. The summed E-state index contributed by atoms with van der Waals surface area (Å²) in [5.41, 5.74) is 0. The second kappa shape index (κ2) is 34.8. The van der Waals surface area contributed by atoms with E-state index in [2.05, 4.69) is 43.5 Å². The number of nitrogens with one attached hydrogen (secondary N) is 1. The summed E-state index contributed by atoms with van der Waals surface area (Å²) in [5.74, 6) is -0.590. The maximum Gasteiger partial charge on any atom is 0.249 e. The third-order valence-corrected chi connectivity index (χ3v) is 10.7. The van der Waals surface area contributed by atoms with Crippen molar-refractivity contribution >= 4 is 5.91 Å². The zero-order valence-electron chi connectivity index (χ0n) is 34.3. The van der Waals surface area contributed by atoms with Crippen LogP contribution in [0.2, 0.25) is 0 Å². The number of ether oxygens (including phenoxy) is 2. The Bertz CT molecular complexity index is 916. The minimum absolute atomic E-state index is 0.256. The molecule has 8 unspecified atom stereocenters. The standard InChI is InChI=1S/C44H83NO9/c1-3-5-7-9-11-13-15-16-17-18-19-20-21-23-25-27-29-31-33-38(48)43(52)45-36(35-53-44-42(51)41(50)40(49)39(34-46)54-44)37(47)32-30-28-26-24-22-14-12-10-8-6-4-2/h11,13,15-16,36-42,44,46-51H,3-10,12,14,17-35H2,1-2H3,(H,45,52)/b13-11-,16-15-. The van der Waals surface area contributed by atoms with E-state index in [1.165, 1.54) is 103 Å². The number of hydrogen-bond donors (Lipinski definition) is 7. The maximum atomic E-state index is 13.0. The minimum atomic E-state index is -1.60. The van der Waals surface area contributed by atoms with E-state index in [1.807, 2.05) is 0 Å². The van der Waals surface area contributed by atoms with Crippen LogP contribution in [0.15, 0.2) is 24.3 Å². The van der Waals surface area contributed by atoms with E-state index in [4.69, 9.17) is 9.47 Å². The molecule has 10 nitrogen and oxygen atoms in total. The summed E-state index contributed by atoms with van der Waals surface area (Å²) in [5, 5.41) is 64.7. The highest BCUT2D eigenvalue weighted by Gasteiger charge is 2.44. The first-order valence-electron chi connectivity index (χ1n) is 22.2. The Kier molecular flexibility index (Phi) is 32.7. The summed E-state index contributed by atoms with van der Waals surface area (Å²) in [6, 6.07) is -0.893. The van der Waals surface area contributed by atoms with Crippen LogP contribution < -0.4 is 5.32 Å². The number of aliphatic hydroxyl groups is 6. The molecule has 1 fully saturated rings. The number of allylic oxidation sites excluding steroid dienone is 4. The number of hydrogen-bond acceptors (Lipinski definition) is 9. The first kappa shape index (κ1) is 50.6. The molecule has 0 spiro atoms. The number of unbranched alkanes of at least 4 members (excludes halogenated alkanes) is 22. The van der Waals surface area contributed by atoms with Gasteiger partial charge >= 0.3 is 0 Å². The minimum Gasteiger partial charge on any atom is -0.394 e. The van der Waals surface area contributed by atoms with Crippen LogP contribution in [0, 0.1) is 0 Å². The summed E-state index contributed by atoms with van der Waals surface area (Å²) >= 11 is 0. The van der Waals surface area contributed by atoms with Gasteiger partial charge in [0.05, 0.1) is 25.4 Å². The third kappa shape index (κ3) is 25.0. The normalized spacial score (nSPS) is 22.3. The molecule has 7 N–H and O–H groups in total. The summed E-state index contributed by atoms with van der Waals surface area (Å²) in [7, 11) is 0. The molecule has 318 valence electrons. The fourth-order valence-electron chi connectivity index (χ4n) is 6.98. The quantitative estimate of drug-likeness (QED) is 0.0250. The van der Waals surface area contributed by atoms with Crippen LogP contribution >= 0.6 is 0 Å².